The smallest absolute Gasteiger partial charge is 0.330 e. The van der Waals surface area contributed by atoms with Gasteiger partial charge in [-0.15, -0.1) is 0 Å². The molecular weight excluding hydrogens is 192 g/mol. The van der Waals surface area contributed by atoms with Gasteiger partial charge in [-0.05, 0) is 37.5 Å². The van der Waals surface area contributed by atoms with Crippen LogP contribution in [0.2, 0.25) is 0 Å². The van der Waals surface area contributed by atoms with Crippen molar-refractivity contribution < 1.29 is 14.3 Å². The second kappa shape index (κ2) is 3.80. The molecule has 3 aliphatic carbocycles. The molecule has 0 unspecified atom stereocenters. The second-order valence-electron chi connectivity index (χ2n) is 4.62. The predicted molar refractivity (Wildman–Crippen MR) is 55.1 cm³/mol. The molecule has 0 aromatic heterocycles. The molecule has 3 saturated carbocycles. The van der Waals surface area contributed by atoms with Gasteiger partial charge in [-0.25, -0.2) is 4.79 Å². The van der Waals surface area contributed by atoms with Crippen LogP contribution in [0.15, 0.2) is 12.2 Å². The third-order valence-corrected chi connectivity index (χ3v) is 3.62. The zero-order valence-electron chi connectivity index (χ0n) is 8.94. The Bertz CT molecular complexity index is 300. The van der Waals surface area contributed by atoms with E-state index in [2.05, 4.69) is 0 Å². The van der Waals surface area contributed by atoms with Gasteiger partial charge >= 0.3 is 5.97 Å². The van der Waals surface area contributed by atoms with Crippen LogP contribution in [-0.2, 0) is 14.3 Å². The molecule has 0 aliphatic heterocycles. The maximum absolute atomic E-state index is 11.1. The van der Waals surface area contributed by atoms with Crippen molar-refractivity contribution in [3.8, 4) is 0 Å². The van der Waals surface area contributed by atoms with Gasteiger partial charge < -0.3 is 9.53 Å². The van der Waals surface area contributed by atoms with E-state index < -0.39 is 0 Å². The lowest BCUT2D eigenvalue weighted by Gasteiger charge is -2.35. The molecule has 0 amide bonds. The third kappa shape index (κ3) is 1.83. The van der Waals surface area contributed by atoms with Crippen molar-refractivity contribution in [1.82, 2.24) is 0 Å². The summed E-state index contributed by atoms with van der Waals surface area (Å²) in [4.78, 5) is 21.8. The molecule has 0 radical (unpaired) electrons. The lowest BCUT2D eigenvalue weighted by atomic mass is 9.69. The van der Waals surface area contributed by atoms with Gasteiger partial charge in [-0.2, -0.15) is 0 Å². The van der Waals surface area contributed by atoms with Gasteiger partial charge in [0.2, 0.25) is 0 Å². The van der Waals surface area contributed by atoms with E-state index in [-0.39, 0.29) is 17.3 Å². The number of ether oxygens (including phenoxy) is 1. The average molecular weight is 208 g/mol. The van der Waals surface area contributed by atoms with E-state index in [9.17, 15) is 9.59 Å². The lowest BCUT2D eigenvalue weighted by molar-refractivity contribution is -0.137. The first-order valence-corrected chi connectivity index (χ1v) is 5.50. The number of allylic oxidation sites excluding steroid dienone is 1. The van der Waals surface area contributed by atoms with Crippen LogP contribution < -0.4 is 0 Å². The predicted octanol–water partition coefficient (Wildman–Crippen LogP) is 1.72. The average Bonchev–Trinajstić information content (AvgIpc) is 2.68. The summed E-state index contributed by atoms with van der Waals surface area (Å²) in [5.41, 5.74) is 0.128. The van der Waals surface area contributed by atoms with Crippen molar-refractivity contribution in [2.45, 2.75) is 26.2 Å². The number of rotatable bonds is 4. The van der Waals surface area contributed by atoms with E-state index in [1.54, 1.807) is 6.92 Å². The van der Waals surface area contributed by atoms with E-state index in [4.69, 9.17) is 4.74 Å². The minimum Gasteiger partial charge on any atom is -0.463 e. The van der Waals surface area contributed by atoms with Crippen molar-refractivity contribution in [3.05, 3.63) is 12.2 Å². The quantitative estimate of drug-likeness (QED) is 0.401. The SMILES string of the molecule is CCOC(=O)/C=C/C12CC(C1)[C@H](C=O)C2. The van der Waals surface area contributed by atoms with Gasteiger partial charge in [0.25, 0.3) is 0 Å². The van der Waals surface area contributed by atoms with Gasteiger partial charge in [-0.1, -0.05) is 6.08 Å². The number of hydrogen-bond acceptors (Lipinski definition) is 3. The summed E-state index contributed by atoms with van der Waals surface area (Å²) >= 11 is 0. The summed E-state index contributed by atoms with van der Waals surface area (Å²) in [6.07, 6.45) is 7.57. The molecule has 0 spiro atoms. The van der Waals surface area contributed by atoms with Gasteiger partial charge in [-0.3, -0.25) is 0 Å². The first-order valence-electron chi connectivity index (χ1n) is 5.50. The Hall–Kier alpha value is -1.12. The molecule has 0 aromatic carbocycles. The van der Waals surface area contributed by atoms with Crippen LogP contribution in [0.1, 0.15) is 26.2 Å². The summed E-state index contributed by atoms with van der Waals surface area (Å²) in [6.45, 7) is 2.21. The number of fused-ring (bicyclic) bond motifs is 1. The standard InChI is InChI=1S/C12H16O3/c1-2-15-11(14)3-4-12-5-9(6-12)10(7-12)8-13/h3-4,8-10H,2,5-7H2,1H3/b4-3+/t9?,10-,12?/m0/s1. The number of carbonyl (C=O) groups is 2. The van der Waals surface area contributed by atoms with Crippen molar-refractivity contribution in [2.24, 2.45) is 17.3 Å². The Labute approximate surface area is 89.5 Å². The van der Waals surface area contributed by atoms with Gasteiger partial charge in [0.1, 0.15) is 6.29 Å². The van der Waals surface area contributed by atoms with Crippen molar-refractivity contribution in [1.29, 1.82) is 0 Å². The van der Waals surface area contributed by atoms with Crippen LogP contribution in [0.4, 0.5) is 0 Å². The van der Waals surface area contributed by atoms with E-state index in [0.717, 1.165) is 25.5 Å². The molecule has 0 aromatic rings. The molecule has 3 fully saturated rings. The number of aldehydes is 1. The largest absolute Gasteiger partial charge is 0.463 e. The molecule has 0 N–H and O–H groups in total. The van der Waals surface area contributed by atoms with Gasteiger partial charge in [0.15, 0.2) is 0 Å². The van der Waals surface area contributed by atoms with E-state index in [0.29, 0.717) is 12.5 Å². The molecule has 1 atom stereocenters. The molecular formula is C12H16O3. The number of hydrogen-bond donors (Lipinski definition) is 0. The summed E-state index contributed by atoms with van der Waals surface area (Å²) in [5, 5.41) is 0. The Kier molecular flexibility index (Phi) is 2.63. The highest BCUT2D eigenvalue weighted by molar-refractivity contribution is 5.82. The third-order valence-electron chi connectivity index (χ3n) is 3.62. The Balaban J connectivity index is 1.91. The van der Waals surface area contributed by atoms with Gasteiger partial charge in [0, 0.05) is 12.0 Å². The summed E-state index contributed by atoms with van der Waals surface area (Å²) in [5.74, 6) is 0.510. The molecule has 0 heterocycles. The minimum absolute atomic E-state index is 0.128. The molecule has 0 saturated heterocycles. The maximum atomic E-state index is 11.1. The molecule has 3 aliphatic rings. The normalized spacial score (nSPS) is 37.7. The maximum Gasteiger partial charge on any atom is 0.330 e. The number of carbonyl (C=O) groups excluding carboxylic acids is 2. The molecule has 2 bridgehead atoms. The fraction of sp³-hybridized carbons (Fsp3) is 0.667. The lowest BCUT2D eigenvalue weighted by Crippen LogP contribution is -2.26. The first kappa shape index (κ1) is 10.4. The zero-order valence-corrected chi connectivity index (χ0v) is 8.94. The van der Waals surface area contributed by atoms with Crippen LogP contribution in [0.5, 0.6) is 0 Å². The Morgan fingerprint density at radius 1 is 1.47 bits per heavy atom. The fourth-order valence-electron chi connectivity index (χ4n) is 2.89. The van der Waals surface area contributed by atoms with E-state index in [1.807, 2.05) is 6.08 Å². The fourth-order valence-corrected chi connectivity index (χ4v) is 2.89. The minimum atomic E-state index is -0.273. The van der Waals surface area contributed by atoms with Crippen molar-refractivity contribution in [3.63, 3.8) is 0 Å². The Morgan fingerprint density at radius 3 is 2.73 bits per heavy atom. The zero-order chi connectivity index (χ0) is 10.9. The topological polar surface area (TPSA) is 43.4 Å². The van der Waals surface area contributed by atoms with E-state index in [1.165, 1.54) is 6.08 Å². The van der Waals surface area contributed by atoms with Crippen LogP contribution >= 0.6 is 0 Å². The Morgan fingerprint density at radius 2 is 2.20 bits per heavy atom. The monoisotopic (exact) mass is 208 g/mol. The summed E-state index contributed by atoms with van der Waals surface area (Å²) in [6, 6.07) is 0. The summed E-state index contributed by atoms with van der Waals surface area (Å²) in [7, 11) is 0. The van der Waals surface area contributed by atoms with Crippen molar-refractivity contribution >= 4 is 12.3 Å². The first-order chi connectivity index (χ1) is 7.19. The highest BCUT2D eigenvalue weighted by Crippen LogP contribution is 2.61. The van der Waals surface area contributed by atoms with Crippen LogP contribution in [0.3, 0.4) is 0 Å². The highest BCUT2D eigenvalue weighted by Gasteiger charge is 2.54. The van der Waals surface area contributed by atoms with Gasteiger partial charge in [0.05, 0.1) is 6.61 Å². The molecule has 3 heteroatoms. The highest BCUT2D eigenvalue weighted by atomic mass is 16.5. The van der Waals surface area contributed by atoms with Crippen LogP contribution in [-0.4, -0.2) is 18.9 Å². The molecule has 3 rings (SSSR count). The summed E-state index contributed by atoms with van der Waals surface area (Å²) < 4.78 is 4.82. The van der Waals surface area contributed by atoms with Crippen LogP contribution in [0.25, 0.3) is 0 Å². The number of esters is 1. The van der Waals surface area contributed by atoms with Crippen LogP contribution in [0, 0.1) is 17.3 Å². The molecule has 15 heavy (non-hydrogen) atoms. The van der Waals surface area contributed by atoms with Crippen molar-refractivity contribution in [2.75, 3.05) is 6.61 Å². The molecule has 3 nitrogen and oxygen atoms in total. The second-order valence-corrected chi connectivity index (χ2v) is 4.62. The molecule has 82 valence electrons. The van der Waals surface area contributed by atoms with E-state index >= 15 is 0 Å².